The second-order valence-electron chi connectivity index (χ2n) is 7.31. The van der Waals surface area contributed by atoms with Crippen molar-refractivity contribution >= 4 is 17.7 Å². The van der Waals surface area contributed by atoms with Crippen molar-refractivity contribution in [2.45, 2.75) is 55.0 Å². The first kappa shape index (κ1) is 15.3. The van der Waals surface area contributed by atoms with E-state index in [1.54, 1.807) is 0 Å². The average Bonchev–Trinajstić information content (AvgIpc) is 3.27. The number of fused-ring (bicyclic) bond motifs is 2. The van der Waals surface area contributed by atoms with Gasteiger partial charge in [0.1, 0.15) is 0 Å². The molecule has 3 aliphatic carbocycles. The molecule has 1 N–H and O–H groups in total. The summed E-state index contributed by atoms with van der Waals surface area (Å²) in [7, 11) is 2.05. The van der Waals surface area contributed by atoms with Crippen LogP contribution >= 0.6 is 11.8 Å². The van der Waals surface area contributed by atoms with Crippen molar-refractivity contribution in [2.75, 3.05) is 0 Å². The maximum absolute atomic E-state index is 12.5. The Balaban J connectivity index is 1.24. The molecule has 2 fully saturated rings. The Morgan fingerprint density at radius 1 is 1.26 bits per heavy atom. The molecule has 124 valence electrons. The van der Waals surface area contributed by atoms with Crippen molar-refractivity contribution in [3.8, 4) is 0 Å². The van der Waals surface area contributed by atoms with E-state index < -0.39 is 0 Å². The van der Waals surface area contributed by atoms with Crippen molar-refractivity contribution in [3.05, 3.63) is 24.5 Å². The van der Waals surface area contributed by atoms with E-state index in [0.717, 1.165) is 24.4 Å². The van der Waals surface area contributed by atoms with Crippen LogP contribution in [0.2, 0.25) is 0 Å². The van der Waals surface area contributed by atoms with Crippen LogP contribution in [0.5, 0.6) is 0 Å². The first-order chi connectivity index (χ1) is 11.2. The standard InChI is InChI=1S/C18H25N3OS/c1-21-9-8-19-18(21)23-15-6-4-14(5-7-15)20-17(22)16-11-12-2-3-13(16)10-12/h2-3,8-9,12-16H,4-7,10-11H2,1H3,(H,20,22)/t12-,13+,14?,15?,16-/m1/s1. The van der Waals surface area contributed by atoms with E-state index in [1.165, 1.54) is 19.3 Å². The fraction of sp³-hybridized carbons (Fsp3) is 0.667. The number of aromatic nitrogens is 2. The third-order valence-corrected chi connectivity index (χ3v) is 7.09. The van der Waals surface area contributed by atoms with Gasteiger partial charge in [-0.15, -0.1) is 0 Å². The van der Waals surface area contributed by atoms with Gasteiger partial charge in [-0.1, -0.05) is 23.9 Å². The van der Waals surface area contributed by atoms with Crippen molar-refractivity contribution < 1.29 is 4.79 Å². The van der Waals surface area contributed by atoms with Gasteiger partial charge in [-0.05, 0) is 50.4 Å². The van der Waals surface area contributed by atoms with Crippen molar-refractivity contribution in [1.82, 2.24) is 14.9 Å². The first-order valence-electron chi connectivity index (χ1n) is 8.81. The Morgan fingerprint density at radius 3 is 2.70 bits per heavy atom. The van der Waals surface area contributed by atoms with E-state index in [9.17, 15) is 4.79 Å². The summed E-state index contributed by atoms with van der Waals surface area (Å²) in [5.41, 5.74) is 0. The molecule has 3 atom stereocenters. The number of hydrogen-bond donors (Lipinski definition) is 1. The number of carbonyl (C=O) groups is 1. The highest BCUT2D eigenvalue weighted by Gasteiger charge is 2.40. The number of hydrogen-bond acceptors (Lipinski definition) is 3. The predicted octanol–water partition coefficient (Wildman–Crippen LogP) is 3.15. The van der Waals surface area contributed by atoms with Gasteiger partial charge >= 0.3 is 0 Å². The zero-order chi connectivity index (χ0) is 15.8. The summed E-state index contributed by atoms with van der Waals surface area (Å²) in [5, 5.41) is 5.07. The second kappa shape index (κ2) is 6.34. The predicted molar refractivity (Wildman–Crippen MR) is 92.1 cm³/mol. The minimum absolute atomic E-state index is 0.240. The van der Waals surface area contributed by atoms with Gasteiger partial charge in [-0.25, -0.2) is 4.98 Å². The average molecular weight is 331 g/mol. The van der Waals surface area contributed by atoms with Gasteiger partial charge in [0.15, 0.2) is 5.16 Å². The van der Waals surface area contributed by atoms with E-state index in [-0.39, 0.29) is 5.92 Å². The summed E-state index contributed by atoms with van der Waals surface area (Å²) in [6.45, 7) is 0. The summed E-state index contributed by atoms with van der Waals surface area (Å²) in [6.07, 6.45) is 15.2. The molecule has 1 aromatic rings. The second-order valence-corrected chi connectivity index (χ2v) is 8.58. The van der Waals surface area contributed by atoms with Crippen LogP contribution in [0, 0.1) is 17.8 Å². The molecule has 1 amide bonds. The molecule has 23 heavy (non-hydrogen) atoms. The third kappa shape index (κ3) is 3.21. The highest BCUT2D eigenvalue weighted by Crippen LogP contribution is 2.43. The van der Waals surface area contributed by atoms with Crippen molar-refractivity contribution in [2.24, 2.45) is 24.8 Å². The van der Waals surface area contributed by atoms with E-state index in [2.05, 4.69) is 27.0 Å². The molecule has 3 aliphatic rings. The van der Waals surface area contributed by atoms with E-state index in [4.69, 9.17) is 0 Å². The molecule has 0 radical (unpaired) electrons. The minimum Gasteiger partial charge on any atom is -0.353 e. The topological polar surface area (TPSA) is 46.9 Å². The fourth-order valence-electron chi connectivity index (χ4n) is 4.33. The molecule has 0 saturated heterocycles. The Morgan fingerprint density at radius 2 is 2.09 bits per heavy atom. The van der Waals surface area contributed by atoms with Crippen LogP contribution in [-0.2, 0) is 11.8 Å². The molecular weight excluding hydrogens is 306 g/mol. The maximum atomic E-state index is 12.5. The Kier molecular flexibility index (Phi) is 4.22. The third-order valence-electron chi connectivity index (χ3n) is 5.69. The van der Waals surface area contributed by atoms with Crippen molar-refractivity contribution in [1.29, 1.82) is 0 Å². The van der Waals surface area contributed by atoms with Crippen LogP contribution in [0.1, 0.15) is 38.5 Å². The highest BCUT2D eigenvalue weighted by atomic mass is 32.2. The van der Waals surface area contributed by atoms with Crippen LogP contribution in [0.25, 0.3) is 0 Å². The smallest absolute Gasteiger partial charge is 0.223 e. The summed E-state index contributed by atoms with van der Waals surface area (Å²) in [6, 6.07) is 0.379. The molecule has 0 aliphatic heterocycles. The van der Waals surface area contributed by atoms with Gasteiger partial charge in [0.25, 0.3) is 0 Å². The number of allylic oxidation sites excluding steroid dienone is 2. The molecule has 1 aromatic heterocycles. The summed E-state index contributed by atoms with van der Waals surface area (Å²) in [4.78, 5) is 16.9. The van der Waals surface area contributed by atoms with E-state index in [0.29, 0.717) is 29.0 Å². The lowest BCUT2D eigenvalue weighted by Gasteiger charge is -2.30. The van der Waals surface area contributed by atoms with Crippen LogP contribution in [0.4, 0.5) is 0 Å². The fourth-order valence-corrected chi connectivity index (χ4v) is 5.48. The molecule has 4 nitrogen and oxygen atoms in total. The SMILES string of the molecule is Cn1ccnc1SC1CCC(NC(=O)[C@@H]2C[C@@H]3C=C[C@H]2C3)CC1. The molecule has 0 aromatic carbocycles. The molecular formula is C18H25N3OS. The van der Waals surface area contributed by atoms with E-state index in [1.807, 2.05) is 31.2 Å². The quantitative estimate of drug-likeness (QED) is 0.862. The molecule has 0 unspecified atom stereocenters. The van der Waals surface area contributed by atoms with Crippen LogP contribution in [0.15, 0.2) is 29.7 Å². The maximum Gasteiger partial charge on any atom is 0.223 e. The van der Waals surface area contributed by atoms with Gasteiger partial charge in [-0.2, -0.15) is 0 Å². The number of amides is 1. The van der Waals surface area contributed by atoms with Gasteiger partial charge in [0.2, 0.25) is 5.91 Å². The zero-order valence-electron chi connectivity index (χ0n) is 13.6. The normalized spacial score (nSPS) is 35.6. The molecule has 2 bridgehead atoms. The Bertz CT molecular complexity index is 603. The number of nitrogens with one attached hydrogen (secondary N) is 1. The van der Waals surface area contributed by atoms with Crippen molar-refractivity contribution in [3.63, 3.8) is 0 Å². The van der Waals surface area contributed by atoms with Gasteiger partial charge in [-0.3, -0.25) is 4.79 Å². The van der Waals surface area contributed by atoms with E-state index >= 15 is 0 Å². The highest BCUT2D eigenvalue weighted by molar-refractivity contribution is 7.99. The number of rotatable bonds is 4. The number of thioether (sulfide) groups is 1. The molecule has 1 heterocycles. The zero-order valence-corrected chi connectivity index (χ0v) is 14.5. The summed E-state index contributed by atoms with van der Waals surface area (Å²) < 4.78 is 2.08. The number of aryl methyl sites for hydroxylation is 1. The largest absolute Gasteiger partial charge is 0.353 e. The van der Waals surface area contributed by atoms with Gasteiger partial charge in [0, 0.05) is 36.7 Å². The minimum atomic E-state index is 0.240. The summed E-state index contributed by atoms with van der Waals surface area (Å²) >= 11 is 1.88. The van der Waals surface area contributed by atoms with Crippen LogP contribution in [-0.4, -0.2) is 26.8 Å². The lowest BCUT2D eigenvalue weighted by atomic mass is 9.90. The number of carbonyl (C=O) groups excluding carboxylic acids is 1. The van der Waals surface area contributed by atoms with Crippen LogP contribution < -0.4 is 5.32 Å². The van der Waals surface area contributed by atoms with Crippen LogP contribution in [0.3, 0.4) is 0 Å². The monoisotopic (exact) mass is 331 g/mol. The molecule has 0 spiro atoms. The van der Waals surface area contributed by atoms with Gasteiger partial charge in [0.05, 0.1) is 0 Å². The lowest BCUT2D eigenvalue weighted by Crippen LogP contribution is -2.42. The molecule has 5 heteroatoms. The number of imidazole rings is 1. The first-order valence-corrected chi connectivity index (χ1v) is 9.69. The lowest BCUT2D eigenvalue weighted by molar-refractivity contribution is -0.126. The Labute approximate surface area is 142 Å². The number of nitrogens with zero attached hydrogens (tertiary/aromatic N) is 2. The van der Waals surface area contributed by atoms with Gasteiger partial charge < -0.3 is 9.88 Å². The Hall–Kier alpha value is -1.23. The molecule has 4 rings (SSSR count). The summed E-state index contributed by atoms with van der Waals surface area (Å²) in [5.74, 6) is 1.72. The molecule has 2 saturated carbocycles.